The minimum Gasteiger partial charge on any atom is -0.451 e. The van der Waals surface area contributed by atoms with Gasteiger partial charge in [-0.1, -0.05) is 0 Å². The minimum atomic E-state index is -0.638. The Hall–Kier alpha value is -3.05. The van der Waals surface area contributed by atoms with Crippen molar-refractivity contribution < 1.29 is 24.0 Å². The molecule has 0 radical (unpaired) electrons. The van der Waals surface area contributed by atoms with Crippen LogP contribution >= 0.6 is 11.3 Å². The molecule has 0 saturated carbocycles. The van der Waals surface area contributed by atoms with Crippen molar-refractivity contribution in [1.29, 1.82) is 0 Å². The van der Waals surface area contributed by atoms with Crippen LogP contribution in [-0.2, 0) is 20.9 Å². The summed E-state index contributed by atoms with van der Waals surface area (Å²) < 4.78 is 10.0. The maximum atomic E-state index is 12.3. The van der Waals surface area contributed by atoms with E-state index in [-0.39, 0.29) is 23.9 Å². The van der Waals surface area contributed by atoms with Crippen molar-refractivity contribution >= 4 is 34.6 Å². The summed E-state index contributed by atoms with van der Waals surface area (Å²) in [6, 6.07) is 6.32. The monoisotopic (exact) mass is 420 g/mol. The standard InChI is InChI=1S/C18H20N4O6S/c1-27-10-16-19-15(12-29-16)18(24)28-11-17(23)21-8-6-20(7-9-21)13-2-4-14(5-3-13)22(25)26/h2-5,12H,6-11H2,1H3. The van der Waals surface area contributed by atoms with E-state index in [2.05, 4.69) is 4.98 Å². The average Bonchev–Trinajstić information content (AvgIpc) is 3.21. The Morgan fingerprint density at radius 1 is 1.21 bits per heavy atom. The zero-order valence-electron chi connectivity index (χ0n) is 15.8. The lowest BCUT2D eigenvalue weighted by atomic mass is 10.2. The molecule has 0 bridgehead atoms. The van der Waals surface area contributed by atoms with Gasteiger partial charge in [0.15, 0.2) is 12.3 Å². The molecule has 3 rings (SSSR count). The first kappa shape index (κ1) is 20.7. The van der Waals surface area contributed by atoms with E-state index in [1.54, 1.807) is 29.5 Å². The molecule has 2 aromatic rings. The Morgan fingerprint density at radius 2 is 1.90 bits per heavy atom. The van der Waals surface area contributed by atoms with Crippen LogP contribution in [0.25, 0.3) is 0 Å². The zero-order chi connectivity index (χ0) is 20.8. The molecule has 0 spiro atoms. The van der Waals surface area contributed by atoms with E-state index in [0.717, 1.165) is 5.69 Å². The Morgan fingerprint density at radius 3 is 2.52 bits per heavy atom. The molecule has 10 nitrogen and oxygen atoms in total. The quantitative estimate of drug-likeness (QED) is 0.378. The first-order valence-corrected chi connectivity index (χ1v) is 9.73. The second-order valence-corrected chi connectivity index (χ2v) is 7.22. The highest BCUT2D eigenvalue weighted by atomic mass is 32.1. The van der Waals surface area contributed by atoms with Crippen molar-refractivity contribution in [1.82, 2.24) is 9.88 Å². The molecule has 2 heterocycles. The van der Waals surface area contributed by atoms with Gasteiger partial charge in [-0.15, -0.1) is 11.3 Å². The van der Waals surface area contributed by atoms with Crippen LogP contribution in [0.4, 0.5) is 11.4 Å². The second kappa shape index (κ2) is 9.43. The Balaban J connectivity index is 1.45. The zero-order valence-corrected chi connectivity index (χ0v) is 16.6. The van der Waals surface area contributed by atoms with E-state index in [0.29, 0.717) is 37.8 Å². The number of benzene rings is 1. The Kier molecular flexibility index (Phi) is 6.73. The summed E-state index contributed by atoms with van der Waals surface area (Å²) in [5.41, 5.74) is 1.07. The number of nitro benzene ring substituents is 1. The topological polar surface area (TPSA) is 115 Å². The lowest BCUT2D eigenvalue weighted by Gasteiger charge is -2.36. The summed E-state index contributed by atoms with van der Waals surface area (Å²) in [5, 5.41) is 13.0. The van der Waals surface area contributed by atoms with Gasteiger partial charge in [-0.25, -0.2) is 9.78 Å². The number of nitrogens with zero attached hydrogens (tertiary/aromatic N) is 4. The number of rotatable bonds is 7. The summed E-state index contributed by atoms with van der Waals surface area (Å²) in [6.45, 7) is 2.10. The van der Waals surface area contributed by atoms with Crippen molar-refractivity contribution in [2.24, 2.45) is 0 Å². The number of methoxy groups -OCH3 is 1. The number of aromatic nitrogens is 1. The van der Waals surface area contributed by atoms with E-state index < -0.39 is 10.9 Å². The van der Waals surface area contributed by atoms with Crippen LogP contribution in [0.2, 0.25) is 0 Å². The van der Waals surface area contributed by atoms with Gasteiger partial charge in [0.2, 0.25) is 0 Å². The van der Waals surface area contributed by atoms with E-state index in [4.69, 9.17) is 9.47 Å². The number of carbonyl (C=O) groups excluding carboxylic acids is 2. The highest BCUT2D eigenvalue weighted by molar-refractivity contribution is 7.09. The Labute approximate surface area is 170 Å². The van der Waals surface area contributed by atoms with Gasteiger partial charge in [0.25, 0.3) is 11.6 Å². The maximum absolute atomic E-state index is 12.3. The highest BCUT2D eigenvalue weighted by Gasteiger charge is 2.23. The van der Waals surface area contributed by atoms with Crippen molar-refractivity contribution in [3.8, 4) is 0 Å². The molecule has 1 fully saturated rings. The van der Waals surface area contributed by atoms with E-state index >= 15 is 0 Å². The van der Waals surface area contributed by atoms with E-state index in [1.165, 1.54) is 23.5 Å². The highest BCUT2D eigenvalue weighted by Crippen LogP contribution is 2.20. The molecule has 29 heavy (non-hydrogen) atoms. The molecule has 11 heteroatoms. The second-order valence-electron chi connectivity index (χ2n) is 6.28. The van der Waals surface area contributed by atoms with Crippen LogP contribution in [0.5, 0.6) is 0 Å². The molecular formula is C18H20N4O6S. The van der Waals surface area contributed by atoms with Crippen molar-refractivity contribution in [3.63, 3.8) is 0 Å². The third-order valence-electron chi connectivity index (χ3n) is 4.41. The number of hydrogen-bond acceptors (Lipinski definition) is 9. The van der Waals surface area contributed by atoms with Gasteiger partial charge in [-0.3, -0.25) is 14.9 Å². The maximum Gasteiger partial charge on any atom is 0.358 e. The van der Waals surface area contributed by atoms with Gasteiger partial charge in [-0.2, -0.15) is 0 Å². The van der Waals surface area contributed by atoms with E-state index in [9.17, 15) is 19.7 Å². The fourth-order valence-corrected chi connectivity index (χ4v) is 3.62. The summed E-state index contributed by atoms with van der Waals surface area (Å²) in [6.07, 6.45) is 0. The summed E-state index contributed by atoms with van der Waals surface area (Å²) >= 11 is 1.29. The molecule has 0 aliphatic carbocycles. The number of amides is 1. The summed E-state index contributed by atoms with van der Waals surface area (Å²) in [5.74, 6) is -0.907. The van der Waals surface area contributed by atoms with Crippen LogP contribution in [0.15, 0.2) is 29.6 Å². The van der Waals surface area contributed by atoms with Gasteiger partial charge in [0.05, 0.1) is 11.5 Å². The van der Waals surface area contributed by atoms with Gasteiger partial charge >= 0.3 is 5.97 Å². The fourth-order valence-electron chi connectivity index (χ4n) is 2.89. The normalized spacial score (nSPS) is 14.0. The van der Waals surface area contributed by atoms with Crippen molar-refractivity contribution in [2.45, 2.75) is 6.61 Å². The summed E-state index contributed by atoms with van der Waals surface area (Å²) in [4.78, 5) is 42.4. The van der Waals surface area contributed by atoms with Crippen LogP contribution in [0.3, 0.4) is 0 Å². The molecule has 1 saturated heterocycles. The number of nitro groups is 1. The summed E-state index contributed by atoms with van der Waals surface area (Å²) in [7, 11) is 1.54. The third-order valence-corrected chi connectivity index (χ3v) is 5.24. The molecule has 1 aromatic heterocycles. The Bertz CT molecular complexity index is 877. The largest absolute Gasteiger partial charge is 0.451 e. The number of thiazole rings is 1. The van der Waals surface area contributed by atoms with Crippen LogP contribution in [0.1, 0.15) is 15.5 Å². The van der Waals surface area contributed by atoms with Crippen molar-refractivity contribution in [3.05, 3.63) is 50.5 Å². The van der Waals surface area contributed by atoms with Gasteiger partial charge in [-0.05, 0) is 12.1 Å². The van der Waals surface area contributed by atoms with Crippen molar-refractivity contribution in [2.75, 3.05) is 44.8 Å². The first-order valence-electron chi connectivity index (χ1n) is 8.85. The number of esters is 1. The predicted molar refractivity (Wildman–Crippen MR) is 105 cm³/mol. The SMILES string of the molecule is COCc1nc(C(=O)OCC(=O)N2CCN(c3ccc([N+](=O)[O-])cc3)CC2)cs1. The molecule has 0 atom stereocenters. The molecule has 0 unspecified atom stereocenters. The molecule has 154 valence electrons. The number of ether oxygens (including phenoxy) is 2. The molecule has 1 aromatic carbocycles. The number of anilines is 1. The van der Waals surface area contributed by atoms with Crippen LogP contribution in [-0.4, -0.2) is 66.6 Å². The van der Waals surface area contributed by atoms with Gasteiger partial charge < -0.3 is 19.3 Å². The van der Waals surface area contributed by atoms with Crippen LogP contribution in [0, 0.1) is 10.1 Å². The lowest BCUT2D eigenvalue weighted by Crippen LogP contribution is -2.49. The fraction of sp³-hybridized carbons (Fsp3) is 0.389. The average molecular weight is 420 g/mol. The lowest BCUT2D eigenvalue weighted by molar-refractivity contribution is -0.384. The number of non-ortho nitro benzene ring substituents is 1. The van der Waals surface area contributed by atoms with E-state index in [1.807, 2.05) is 4.90 Å². The molecular weight excluding hydrogens is 400 g/mol. The minimum absolute atomic E-state index is 0.0406. The smallest absolute Gasteiger partial charge is 0.358 e. The van der Waals surface area contributed by atoms with Gasteiger partial charge in [0, 0.05) is 56.5 Å². The molecule has 0 N–H and O–H groups in total. The predicted octanol–water partition coefficient (Wildman–Crippen LogP) is 1.70. The number of piperazine rings is 1. The molecule has 1 amide bonds. The van der Waals surface area contributed by atoms with Gasteiger partial charge in [0.1, 0.15) is 5.01 Å². The number of carbonyl (C=O) groups is 2. The first-order chi connectivity index (χ1) is 14.0. The molecule has 1 aliphatic rings. The number of hydrogen-bond donors (Lipinski definition) is 0. The third kappa shape index (κ3) is 5.27. The molecule has 1 aliphatic heterocycles. The van der Waals surface area contributed by atoms with Crippen LogP contribution < -0.4 is 4.90 Å².